The molecule has 32 heavy (non-hydrogen) atoms. The van der Waals surface area contributed by atoms with Gasteiger partial charge in [-0.2, -0.15) is 4.72 Å². The zero-order valence-electron chi connectivity index (χ0n) is 17.1. The van der Waals surface area contributed by atoms with Crippen molar-refractivity contribution in [1.29, 1.82) is 0 Å². The van der Waals surface area contributed by atoms with E-state index in [0.29, 0.717) is 4.88 Å². The number of carboxylic acid groups (broad SMARTS) is 1. The van der Waals surface area contributed by atoms with Gasteiger partial charge in [0.15, 0.2) is 0 Å². The molecule has 0 saturated heterocycles. The summed E-state index contributed by atoms with van der Waals surface area (Å²) < 4.78 is 30.0. The molecule has 0 amide bonds. The second-order valence-electron chi connectivity index (χ2n) is 7.23. The van der Waals surface area contributed by atoms with Crippen molar-refractivity contribution < 1.29 is 18.3 Å². The van der Waals surface area contributed by atoms with E-state index >= 15 is 0 Å². The van der Waals surface area contributed by atoms with Crippen molar-refractivity contribution in [2.75, 3.05) is 0 Å². The van der Waals surface area contributed by atoms with Crippen molar-refractivity contribution in [3.8, 4) is 11.8 Å². The number of benzene rings is 2. The summed E-state index contributed by atoms with van der Waals surface area (Å²) in [7, 11) is -2.15. The first kappa shape index (κ1) is 21.8. The van der Waals surface area contributed by atoms with Crippen LogP contribution < -0.4 is 4.72 Å². The standard InChI is InChI=1S/C24H20N2O4S2/c1-26-16-18(20-9-5-6-10-22(20)26)15-21(24(27)28)25-32(29,30)23-14-13-19(31-23)12-11-17-7-3-2-4-8-17/h2-10,13-14,16,21,25H,15H2,1H3,(H,27,28)/t21-/m0/s1. The monoisotopic (exact) mass is 464 g/mol. The van der Waals surface area contributed by atoms with Gasteiger partial charge in [-0.1, -0.05) is 48.2 Å². The Bertz CT molecular complexity index is 1440. The molecule has 0 radical (unpaired) electrons. The lowest BCUT2D eigenvalue weighted by Gasteiger charge is -2.13. The van der Waals surface area contributed by atoms with Gasteiger partial charge in [-0.15, -0.1) is 11.3 Å². The smallest absolute Gasteiger partial charge is 0.322 e. The molecule has 0 unspecified atom stereocenters. The lowest BCUT2D eigenvalue weighted by atomic mass is 10.1. The lowest BCUT2D eigenvalue weighted by Crippen LogP contribution is -2.42. The highest BCUT2D eigenvalue weighted by Gasteiger charge is 2.27. The molecule has 0 fully saturated rings. The van der Waals surface area contributed by atoms with Gasteiger partial charge in [-0.25, -0.2) is 8.42 Å². The van der Waals surface area contributed by atoms with Crippen molar-refractivity contribution in [2.45, 2.75) is 16.7 Å². The van der Waals surface area contributed by atoms with Crippen LogP contribution in [0.25, 0.3) is 10.9 Å². The van der Waals surface area contributed by atoms with E-state index < -0.39 is 22.0 Å². The summed E-state index contributed by atoms with van der Waals surface area (Å²) in [5.74, 6) is 4.70. The molecular formula is C24H20N2O4S2. The minimum Gasteiger partial charge on any atom is -0.480 e. The average Bonchev–Trinajstić information content (AvgIpc) is 3.38. The van der Waals surface area contributed by atoms with Crippen molar-refractivity contribution in [3.05, 3.63) is 88.9 Å². The number of para-hydroxylation sites is 1. The summed E-state index contributed by atoms with van der Waals surface area (Å²) in [6.45, 7) is 0. The Hall–Kier alpha value is -3.38. The molecule has 6 nitrogen and oxygen atoms in total. The molecule has 8 heteroatoms. The fraction of sp³-hybridized carbons (Fsp3) is 0.125. The molecule has 2 heterocycles. The van der Waals surface area contributed by atoms with Crippen LogP contribution in [-0.4, -0.2) is 30.1 Å². The molecule has 4 aromatic rings. The van der Waals surface area contributed by atoms with E-state index in [1.165, 1.54) is 6.07 Å². The maximum absolute atomic E-state index is 12.9. The largest absolute Gasteiger partial charge is 0.480 e. The minimum absolute atomic E-state index is 0.0269. The molecule has 0 saturated carbocycles. The third-order valence-corrected chi connectivity index (χ3v) is 7.91. The van der Waals surface area contributed by atoms with Crippen LogP contribution in [0.2, 0.25) is 0 Å². The first-order valence-electron chi connectivity index (χ1n) is 9.78. The van der Waals surface area contributed by atoms with E-state index in [4.69, 9.17) is 0 Å². The van der Waals surface area contributed by atoms with E-state index in [1.54, 1.807) is 6.07 Å². The van der Waals surface area contributed by atoms with E-state index in [2.05, 4.69) is 16.6 Å². The summed E-state index contributed by atoms with van der Waals surface area (Å²) >= 11 is 1.00. The third-order valence-electron chi connectivity index (χ3n) is 4.95. The zero-order valence-corrected chi connectivity index (χ0v) is 18.8. The van der Waals surface area contributed by atoms with E-state index in [1.807, 2.05) is 72.4 Å². The molecule has 0 aliphatic carbocycles. The molecule has 4 rings (SSSR count). The number of aromatic nitrogens is 1. The summed E-state index contributed by atoms with van der Waals surface area (Å²) in [5.41, 5.74) is 2.54. The fourth-order valence-corrected chi connectivity index (χ4v) is 5.79. The SMILES string of the molecule is Cn1cc(C[C@H](NS(=O)(=O)c2ccc(C#Cc3ccccc3)s2)C(=O)O)c2ccccc21. The quantitative estimate of drug-likeness (QED) is 0.427. The number of sulfonamides is 1. The molecule has 1 atom stereocenters. The van der Waals surface area contributed by atoms with Crippen molar-refractivity contribution in [3.63, 3.8) is 0 Å². The van der Waals surface area contributed by atoms with Gasteiger partial charge in [-0.05, 0) is 35.9 Å². The van der Waals surface area contributed by atoms with Gasteiger partial charge < -0.3 is 9.67 Å². The Kier molecular flexibility index (Phi) is 6.15. The lowest BCUT2D eigenvalue weighted by molar-refractivity contribution is -0.138. The summed E-state index contributed by atoms with van der Waals surface area (Å²) in [4.78, 5) is 12.4. The first-order valence-corrected chi connectivity index (χ1v) is 12.1. The van der Waals surface area contributed by atoms with Gasteiger partial charge in [0.2, 0.25) is 0 Å². The topological polar surface area (TPSA) is 88.4 Å². The predicted molar refractivity (Wildman–Crippen MR) is 125 cm³/mol. The molecule has 2 aromatic heterocycles. The summed E-state index contributed by atoms with van der Waals surface area (Å²) in [5, 5.41) is 10.6. The Labute approximate surface area is 190 Å². The van der Waals surface area contributed by atoms with Crippen LogP contribution in [0.4, 0.5) is 0 Å². The highest BCUT2D eigenvalue weighted by molar-refractivity contribution is 7.91. The van der Waals surface area contributed by atoms with Gasteiger partial charge in [-0.3, -0.25) is 4.79 Å². The minimum atomic E-state index is -4.02. The van der Waals surface area contributed by atoms with Crippen LogP contribution in [0.15, 0.2) is 77.1 Å². The third kappa shape index (κ3) is 4.75. The Balaban J connectivity index is 1.55. The van der Waals surface area contributed by atoms with Crippen LogP contribution in [0.3, 0.4) is 0 Å². The number of thiophene rings is 1. The summed E-state index contributed by atoms with van der Waals surface area (Å²) in [6.07, 6.45) is 1.86. The van der Waals surface area contributed by atoms with Gasteiger partial charge >= 0.3 is 5.97 Å². The molecule has 0 aliphatic heterocycles. The van der Waals surface area contributed by atoms with E-state index in [-0.39, 0.29) is 10.6 Å². The van der Waals surface area contributed by atoms with Crippen molar-refractivity contribution in [2.24, 2.45) is 7.05 Å². The first-order chi connectivity index (χ1) is 15.3. The van der Waals surface area contributed by atoms with Gasteiger partial charge in [0.1, 0.15) is 10.3 Å². The van der Waals surface area contributed by atoms with E-state index in [0.717, 1.165) is 33.4 Å². The van der Waals surface area contributed by atoms with Crippen LogP contribution >= 0.6 is 11.3 Å². The van der Waals surface area contributed by atoms with Crippen LogP contribution in [-0.2, 0) is 28.3 Å². The number of fused-ring (bicyclic) bond motifs is 1. The zero-order chi connectivity index (χ0) is 22.7. The molecule has 162 valence electrons. The molecule has 0 bridgehead atoms. The Morgan fingerprint density at radius 2 is 1.78 bits per heavy atom. The number of carbonyl (C=O) groups is 1. The predicted octanol–water partition coefficient (Wildman–Crippen LogP) is 3.61. The fourth-order valence-electron chi connectivity index (χ4n) is 3.42. The number of aryl methyl sites for hydroxylation is 1. The maximum atomic E-state index is 12.9. The van der Waals surface area contributed by atoms with Gasteiger partial charge in [0.25, 0.3) is 10.0 Å². The summed E-state index contributed by atoms with van der Waals surface area (Å²) in [6, 6.07) is 18.7. The number of hydrogen-bond acceptors (Lipinski definition) is 4. The number of nitrogens with one attached hydrogen (secondary N) is 1. The van der Waals surface area contributed by atoms with Gasteiger partial charge in [0, 0.05) is 36.1 Å². The number of hydrogen-bond donors (Lipinski definition) is 2. The van der Waals surface area contributed by atoms with Crippen molar-refractivity contribution in [1.82, 2.24) is 9.29 Å². The number of aliphatic carboxylic acids is 1. The molecule has 0 spiro atoms. The van der Waals surface area contributed by atoms with E-state index in [9.17, 15) is 18.3 Å². The highest BCUT2D eigenvalue weighted by Crippen LogP contribution is 2.24. The number of carboxylic acids is 1. The maximum Gasteiger partial charge on any atom is 0.322 e. The normalized spacial score (nSPS) is 12.3. The highest BCUT2D eigenvalue weighted by atomic mass is 32.2. The molecular weight excluding hydrogens is 444 g/mol. The Morgan fingerprint density at radius 3 is 2.53 bits per heavy atom. The average molecular weight is 465 g/mol. The second kappa shape index (κ2) is 9.01. The molecule has 2 N–H and O–H groups in total. The molecule has 2 aromatic carbocycles. The van der Waals surface area contributed by atoms with Crippen LogP contribution in [0, 0.1) is 11.8 Å². The number of nitrogens with zero attached hydrogens (tertiary/aromatic N) is 1. The van der Waals surface area contributed by atoms with Crippen LogP contribution in [0.1, 0.15) is 16.0 Å². The number of rotatable bonds is 6. The van der Waals surface area contributed by atoms with Crippen LogP contribution in [0.5, 0.6) is 0 Å². The van der Waals surface area contributed by atoms with Crippen molar-refractivity contribution >= 4 is 38.2 Å². The molecule has 0 aliphatic rings. The van der Waals surface area contributed by atoms with Gasteiger partial charge in [0.05, 0.1) is 4.88 Å². The second-order valence-corrected chi connectivity index (χ2v) is 10.3. The Morgan fingerprint density at radius 1 is 1.06 bits per heavy atom.